The van der Waals surface area contributed by atoms with Gasteiger partial charge < -0.3 is 10.1 Å². The zero-order chi connectivity index (χ0) is 13.0. The van der Waals surface area contributed by atoms with Gasteiger partial charge in [-0.15, -0.1) is 0 Å². The van der Waals surface area contributed by atoms with E-state index in [1.54, 1.807) is 12.1 Å². The van der Waals surface area contributed by atoms with E-state index in [1.165, 1.54) is 26.4 Å². The second-order valence-electron chi connectivity index (χ2n) is 5.03. The topological polar surface area (TPSA) is 21.3 Å². The molecule has 1 fully saturated rings. The molecule has 0 heterocycles. The number of hydrogen-bond donors (Lipinski definition) is 1. The van der Waals surface area contributed by atoms with Gasteiger partial charge in [-0.25, -0.2) is 4.39 Å². The summed E-state index contributed by atoms with van der Waals surface area (Å²) < 4.78 is 18.6. The van der Waals surface area contributed by atoms with Crippen LogP contribution in [0.4, 0.5) is 4.39 Å². The molecule has 100 valence electrons. The van der Waals surface area contributed by atoms with E-state index in [-0.39, 0.29) is 5.82 Å². The van der Waals surface area contributed by atoms with E-state index >= 15 is 0 Å². The summed E-state index contributed by atoms with van der Waals surface area (Å²) in [5, 5.41) is 3.53. The number of ether oxygens (including phenoxy) is 1. The minimum Gasteiger partial charge on any atom is -0.494 e. The Bertz CT molecular complexity index is 394. The maximum absolute atomic E-state index is 13.6. The molecule has 2 rings (SSSR count). The fourth-order valence-corrected chi connectivity index (χ4v) is 2.95. The molecular weight excluding hydrogens is 229 g/mol. The maximum Gasteiger partial charge on any atom is 0.165 e. The van der Waals surface area contributed by atoms with Crippen molar-refractivity contribution in [3.8, 4) is 5.75 Å². The van der Waals surface area contributed by atoms with Crippen molar-refractivity contribution in [2.24, 2.45) is 5.92 Å². The van der Waals surface area contributed by atoms with Gasteiger partial charge in [0.2, 0.25) is 0 Å². The Hall–Kier alpha value is -1.09. The Morgan fingerprint density at radius 1 is 1.39 bits per heavy atom. The van der Waals surface area contributed by atoms with Gasteiger partial charge in [0.05, 0.1) is 7.11 Å². The van der Waals surface area contributed by atoms with Crippen molar-refractivity contribution < 1.29 is 9.13 Å². The van der Waals surface area contributed by atoms with Gasteiger partial charge in [0.1, 0.15) is 0 Å². The molecule has 1 aromatic rings. The SMILES string of the molecule is CCNC1CCCC1Cc1ccc(OC)c(F)c1. The van der Waals surface area contributed by atoms with Crippen LogP contribution in [-0.4, -0.2) is 19.7 Å². The molecule has 1 aromatic carbocycles. The monoisotopic (exact) mass is 251 g/mol. The van der Waals surface area contributed by atoms with Gasteiger partial charge in [0.15, 0.2) is 11.6 Å². The molecule has 1 saturated carbocycles. The van der Waals surface area contributed by atoms with Gasteiger partial charge in [0.25, 0.3) is 0 Å². The number of rotatable bonds is 5. The number of halogens is 1. The molecule has 0 bridgehead atoms. The first-order chi connectivity index (χ1) is 8.74. The Morgan fingerprint density at radius 3 is 2.89 bits per heavy atom. The lowest BCUT2D eigenvalue weighted by Crippen LogP contribution is -2.33. The Labute approximate surface area is 109 Å². The average Bonchev–Trinajstić information content (AvgIpc) is 2.78. The summed E-state index contributed by atoms with van der Waals surface area (Å²) in [6.07, 6.45) is 4.72. The maximum atomic E-state index is 13.6. The highest BCUT2D eigenvalue weighted by Crippen LogP contribution is 2.29. The van der Waals surface area contributed by atoms with E-state index in [9.17, 15) is 4.39 Å². The summed E-state index contributed by atoms with van der Waals surface area (Å²) in [4.78, 5) is 0. The lowest BCUT2D eigenvalue weighted by atomic mass is 9.94. The molecule has 1 N–H and O–H groups in total. The van der Waals surface area contributed by atoms with Crippen LogP contribution in [0.2, 0.25) is 0 Å². The van der Waals surface area contributed by atoms with Gasteiger partial charge in [-0.3, -0.25) is 0 Å². The van der Waals surface area contributed by atoms with Crippen LogP contribution in [0.15, 0.2) is 18.2 Å². The molecule has 0 spiro atoms. The molecule has 0 radical (unpaired) electrons. The third-order valence-electron chi connectivity index (χ3n) is 3.84. The third-order valence-corrected chi connectivity index (χ3v) is 3.84. The molecule has 1 aliphatic rings. The normalized spacial score (nSPS) is 23.3. The van der Waals surface area contributed by atoms with Crippen LogP contribution in [0.3, 0.4) is 0 Å². The van der Waals surface area contributed by atoms with Crippen molar-refractivity contribution in [2.75, 3.05) is 13.7 Å². The largest absolute Gasteiger partial charge is 0.494 e. The molecule has 0 saturated heterocycles. The Balaban J connectivity index is 2.02. The van der Waals surface area contributed by atoms with E-state index in [0.29, 0.717) is 17.7 Å². The summed E-state index contributed by atoms with van der Waals surface area (Å²) in [6, 6.07) is 5.91. The Kier molecular flexibility index (Phi) is 4.59. The molecule has 0 aromatic heterocycles. The highest BCUT2D eigenvalue weighted by Gasteiger charge is 2.26. The number of benzene rings is 1. The van der Waals surface area contributed by atoms with Gasteiger partial charge in [-0.1, -0.05) is 19.4 Å². The van der Waals surface area contributed by atoms with Crippen molar-refractivity contribution >= 4 is 0 Å². The third kappa shape index (κ3) is 3.02. The smallest absolute Gasteiger partial charge is 0.165 e. The zero-order valence-corrected chi connectivity index (χ0v) is 11.2. The van der Waals surface area contributed by atoms with Gasteiger partial charge in [-0.2, -0.15) is 0 Å². The average molecular weight is 251 g/mol. The first kappa shape index (κ1) is 13.3. The van der Waals surface area contributed by atoms with Crippen molar-refractivity contribution in [3.05, 3.63) is 29.6 Å². The van der Waals surface area contributed by atoms with Crippen molar-refractivity contribution in [3.63, 3.8) is 0 Å². The van der Waals surface area contributed by atoms with Crippen LogP contribution in [-0.2, 0) is 6.42 Å². The highest BCUT2D eigenvalue weighted by atomic mass is 19.1. The fourth-order valence-electron chi connectivity index (χ4n) is 2.95. The molecule has 0 aliphatic heterocycles. The van der Waals surface area contributed by atoms with Crippen LogP contribution >= 0.6 is 0 Å². The van der Waals surface area contributed by atoms with Crippen LogP contribution in [0.5, 0.6) is 5.75 Å². The predicted molar refractivity (Wildman–Crippen MR) is 71.5 cm³/mol. The van der Waals surface area contributed by atoms with Crippen molar-refractivity contribution in [1.82, 2.24) is 5.32 Å². The summed E-state index contributed by atoms with van der Waals surface area (Å²) in [6.45, 7) is 3.15. The molecule has 3 heteroatoms. The van der Waals surface area contributed by atoms with E-state index in [2.05, 4.69) is 12.2 Å². The molecule has 0 amide bonds. The molecule has 18 heavy (non-hydrogen) atoms. The second-order valence-corrected chi connectivity index (χ2v) is 5.03. The summed E-state index contributed by atoms with van der Waals surface area (Å²) in [5.74, 6) is 0.708. The standard InChI is InChI=1S/C15H22FNO/c1-3-17-14-6-4-5-12(14)9-11-7-8-15(18-2)13(16)10-11/h7-8,10,12,14,17H,3-6,9H2,1-2H3. The summed E-state index contributed by atoms with van der Waals surface area (Å²) >= 11 is 0. The van der Waals surface area contributed by atoms with Crippen LogP contribution in [0.25, 0.3) is 0 Å². The molecule has 2 nitrogen and oxygen atoms in total. The van der Waals surface area contributed by atoms with E-state index < -0.39 is 0 Å². The van der Waals surface area contributed by atoms with Gasteiger partial charge >= 0.3 is 0 Å². The quantitative estimate of drug-likeness (QED) is 0.868. The van der Waals surface area contributed by atoms with Crippen molar-refractivity contribution in [2.45, 2.75) is 38.6 Å². The second kappa shape index (κ2) is 6.19. The number of nitrogens with one attached hydrogen (secondary N) is 1. The highest BCUT2D eigenvalue weighted by molar-refractivity contribution is 5.29. The van der Waals surface area contributed by atoms with E-state index in [0.717, 1.165) is 18.5 Å². The minimum atomic E-state index is -0.256. The van der Waals surface area contributed by atoms with E-state index in [1.807, 2.05) is 6.07 Å². The predicted octanol–water partition coefficient (Wildman–Crippen LogP) is 3.16. The Morgan fingerprint density at radius 2 is 2.22 bits per heavy atom. The minimum absolute atomic E-state index is 0.256. The van der Waals surface area contributed by atoms with Crippen molar-refractivity contribution in [1.29, 1.82) is 0 Å². The first-order valence-corrected chi connectivity index (χ1v) is 6.80. The molecule has 2 unspecified atom stereocenters. The van der Waals surface area contributed by atoms with E-state index in [4.69, 9.17) is 4.74 Å². The van der Waals surface area contributed by atoms with Crippen LogP contribution in [0, 0.1) is 11.7 Å². The van der Waals surface area contributed by atoms with Crippen LogP contribution in [0.1, 0.15) is 31.7 Å². The zero-order valence-electron chi connectivity index (χ0n) is 11.2. The lowest BCUT2D eigenvalue weighted by Gasteiger charge is -2.20. The number of methoxy groups -OCH3 is 1. The first-order valence-electron chi connectivity index (χ1n) is 6.80. The van der Waals surface area contributed by atoms with Gasteiger partial charge in [0, 0.05) is 6.04 Å². The summed E-state index contributed by atoms with van der Waals surface area (Å²) in [7, 11) is 1.50. The lowest BCUT2D eigenvalue weighted by molar-refractivity contribution is 0.383. The summed E-state index contributed by atoms with van der Waals surface area (Å²) in [5.41, 5.74) is 1.07. The number of hydrogen-bond acceptors (Lipinski definition) is 2. The molecule has 2 atom stereocenters. The van der Waals surface area contributed by atoms with Gasteiger partial charge in [-0.05, 0) is 49.4 Å². The van der Waals surface area contributed by atoms with Crippen LogP contribution < -0.4 is 10.1 Å². The molecular formula is C15H22FNO. The fraction of sp³-hybridized carbons (Fsp3) is 0.600. The molecule has 1 aliphatic carbocycles.